The molecule has 2 heterocycles. The highest BCUT2D eigenvalue weighted by atomic mass is 35.5. The first-order valence-corrected chi connectivity index (χ1v) is 6.79. The van der Waals surface area contributed by atoms with Crippen molar-refractivity contribution in [1.29, 1.82) is 0 Å². The van der Waals surface area contributed by atoms with Crippen molar-refractivity contribution in [2.75, 3.05) is 0 Å². The summed E-state index contributed by atoms with van der Waals surface area (Å²) in [6.45, 7) is 1.93. The zero-order valence-corrected chi connectivity index (χ0v) is 11.9. The van der Waals surface area contributed by atoms with Crippen molar-refractivity contribution in [2.24, 2.45) is 0 Å². The number of para-hydroxylation sites is 1. The van der Waals surface area contributed by atoms with Crippen LogP contribution in [0.3, 0.4) is 0 Å². The Labute approximate surface area is 124 Å². The number of rotatable bonds is 4. The van der Waals surface area contributed by atoms with E-state index >= 15 is 0 Å². The van der Waals surface area contributed by atoms with Gasteiger partial charge in [-0.25, -0.2) is 0 Å². The highest BCUT2D eigenvalue weighted by Crippen LogP contribution is 2.33. The zero-order valence-electron chi connectivity index (χ0n) is 11.1. The Balaban J connectivity index is 2.34. The van der Waals surface area contributed by atoms with E-state index in [0.29, 0.717) is 28.8 Å². The van der Waals surface area contributed by atoms with Crippen molar-refractivity contribution in [3.63, 3.8) is 0 Å². The lowest BCUT2D eigenvalue weighted by Crippen LogP contribution is -2.08. The Bertz CT molecular complexity index is 848. The molecule has 2 aromatic heterocycles. The summed E-state index contributed by atoms with van der Waals surface area (Å²) in [5.74, 6) is -0.743. The SMILES string of the molecule is CCc1nocc1-c1[nH]c2ccccc2c1C(=O)C(=O)Cl. The number of halogens is 1. The van der Waals surface area contributed by atoms with Gasteiger partial charge in [0.25, 0.3) is 5.24 Å². The standard InChI is InChI=1S/C15H11ClN2O3/c1-2-10-9(7-21-18-10)13-12(14(19)15(16)20)8-5-3-4-6-11(8)17-13/h3-7,17H,2H2,1H3. The van der Waals surface area contributed by atoms with Crippen LogP contribution < -0.4 is 0 Å². The van der Waals surface area contributed by atoms with E-state index in [2.05, 4.69) is 10.1 Å². The molecule has 0 spiro atoms. The molecular formula is C15H11ClN2O3. The van der Waals surface area contributed by atoms with Crippen LogP contribution in [0.25, 0.3) is 22.2 Å². The molecule has 0 amide bonds. The van der Waals surface area contributed by atoms with Crippen molar-refractivity contribution < 1.29 is 14.1 Å². The third kappa shape index (κ3) is 2.15. The monoisotopic (exact) mass is 302 g/mol. The second-order valence-corrected chi connectivity index (χ2v) is 4.90. The first kappa shape index (κ1) is 13.6. The van der Waals surface area contributed by atoms with Gasteiger partial charge in [-0.05, 0) is 24.1 Å². The number of nitrogens with one attached hydrogen (secondary N) is 1. The Morgan fingerprint density at radius 3 is 2.81 bits per heavy atom. The molecular weight excluding hydrogens is 292 g/mol. The highest BCUT2D eigenvalue weighted by Gasteiger charge is 2.25. The number of H-pyrrole nitrogens is 1. The van der Waals surface area contributed by atoms with E-state index in [1.165, 1.54) is 6.26 Å². The molecule has 0 bridgehead atoms. The molecule has 3 rings (SSSR count). The van der Waals surface area contributed by atoms with Gasteiger partial charge in [-0.3, -0.25) is 9.59 Å². The molecule has 1 aromatic carbocycles. The fourth-order valence-corrected chi connectivity index (χ4v) is 2.49. The molecule has 0 unspecified atom stereocenters. The average Bonchev–Trinajstić information content (AvgIpc) is 3.09. The van der Waals surface area contributed by atoms with E-state index in [1.807, 2.05) is 19.1 Å². The summed E-state index contributed by atoms with van der Waals surface area (Å²) in [5.41, 5.74) is 2.88. The van der Waals surface area contributed by atoms with E-state index in [0.717, 1.165) is 5.52 Å². The van der Waals surface area contributed by atoms with Gasteiger partial charge in [0.2, 0.25) is 5.78 Å². The van der Waals surface area contributed by atoms with Crippen molar-refractivity contribution >= 4 is 33.5 Å². The lowest BCUT2D eigenvalue weighted by atomic mass is 10.0. The number of carbonyl (C=O) groups is 2. The molecule has 0 aliphatic carbocycles. The molecule has 0 atom stereocenters. The minimum absolute atomic E-state index is 0.253. The number of nitrogens with zero attached hydrogens (tertiary/aromatic N) is 1. The maximum atomic E-state index is 12.2. The van der Waals surface area contributed by atoms with Crippen molar-refractivity contribution in [1.82, 2.24) is 10.1 Å². The van der Waals surface area contributed by atoms with Crippen LogP contribution >= 0.6 is 11.6 Å². The van der Waals surface area contributed by atoms with E-state index < -0.39 is 11.0 Å². The van der Waals surface area contributed by atoms with Crippen molar-refractivity contribution in [2.45, 2.75) is 13.3 Å². The number of carbonyl (C=O) groups excluding carboxylic acids is 2. The normalized spacial score (nSPS) is 11.0. The summed E-state index contributed by atoms with van der Waals surface area (Å²) in [7, 11) is 0. The topological polar surface area (TPSA) is 76.0 Å². The second-order valence-electron chi connectivity index (χ2n) is 4.55. The first-order valence-electron chi connectivity index (χ1n) is 6.42. The maximum Gasteiger partial charge on any atom is 0.293 e. The molecule has 0 saturated carbocycles. The average molecular weight is 303 g/mol. The predicted octanol–water partition coefficient (Wildman–Crippen LogP) is 3.33. The Morgan fingerprint density at radius 2 is 2.10 bits per heavy atom. The molecule has 0 radical (unpaired) electrons. The second kappa shape index (κ2) is 5.18. The van der Waals surface area contributed by atoms with Crippen LogP contribution in [0.4, 0.5) is 0 Å². The quantitative estimate of drug-likeness (QED) is 0.455. The Morgan fingerprint density at radius 1 is 1.33 bits per heavy atom. The number of aryl methyl sites for hydroxylation is 1. The summed E-state index contributed by atoms with van der Waals surface area (Å²) in [6, 6.07) is 7.23. The van der Waals surface area contributed by atoms with Gasteiger partial charge in [-0.1, -0.05) is 30.3 Å². The third-order valence-corrected chi connectivity index (χ3v) is 3.53. The van der Waals surface area contributed by atoms with Gasteiger partial charge in [0.05, 0.1) is 22.5 Å². The first-order chi connectivity index (χ1) is 10.1. The van der Waals surface area contributed by atoms with Gasteiger partial charge in [-0.15, -0.1) is 0 Å². The van der Waals surface area contributed by atoms with E-state index in [9.17, 15) is 9.59 Å². The number of ketones is 1. The van der Waals surface area contributed by atoms with Gasteiger partial charge in [0.1, 0.15) is 6.26 Å². The number of fused-ring (bicyclic) bond motifs is 1. The molecule has 1 N–H and O–H groups in total. The Kier molecular flexibility index (Phi) is 3.35. The fraction of sp³-hybridized carbons (Fsp3) is 0.133. The highest BCUT2D eigenvalue weighted by molar-refractivity contribution is 6.83. The van der Waals surface area contributed by atoms with Gasteiger partial charge in [-0.2, -0.15) is 0 Å². The van der Waals surface area contributed by atoms with Gasteiger partial charge in [0.15, 0.2) is 0 Å². The molecule has 5 nitrogen and oxygen atoms in total. The van der Waals surface area contributed by atoms with Crippen LogP contribution in [-0.4, -0.2) is 21.2 Å². The van der Waals surface area contributed by atoms with Gasteiger partial charge >= 0.3 is 0 Å². The van der Waals surface area contributed by atoms with E-state index in [4.69, 9.17) is 16.1 Å². The number of hydrogen-bond donors (Lipinski definition) is 1. The smallest absolute Gasteiger partial charge is 0.293 e. The predicted molar refractivity (Wildman–Crippen MR) is 78.4 cm³/mol. The summed E-state index contributed by atoms with van der Waals surface area (Å²) in [6.07, 6.45) is 2.10. The fourth-order valence-electron chi connectivity index (χ4n) is 2.40. The third-order valence-electron chi connectivity index (χ3n) is 3.36. The summed E-state index contributed by atoms with van der Waals surface area (Å²) < 4.78 is 4.98. The maximum absolute atomic E-state index is 12.2. The van der Waals surface area contributed by atoms with Gasteiger partial charge in [0, 0.05) is 10.9 Å². The van der Waals surface area contributed by atoms with Crippen LogP contribution in [0.15, 0.2) is 35.1 Å². The van der Waals surface area contributed by atoms with E-state index in [1.54, 1.807) is 12.1 Å². The number of aromatic amines is 1. The van der Waals surface area contributed by atoms with E-state index in [-0.39, 0.29) is 5.56 Å². The molecule has 3 aromatic rings. The number of hydrogen-bond acceptors (Lipinski definition) is 4. The largest absolute Gasteiger partial charge is 0.364 e. The summed E-state index contributed by atoms with van der Waals surface area (Å²) >= 11 is 5.39. The van der Waals surface area contributed by atoms with Crippen LogP contribution in [-0.2, 0) is 11.2 Å². The summed E-state index contributed by atoms with van der Waals surface area (Å²) in [5, 5.41) is 3.53. The molecule has 0 fully saturated rings. The molecule has 0 aliphatic heterocycles. The molecule has 21 heavy (non-hydrogen) atoms. The number of Topliss-reactive ketones (excluding diaryl/α,β-unsaturated/α-hetero) is 1. The van der Waals surface area contributed by atoms with Crippen LogP contribution in [0, 0.1) is 0 Å². The van der Waals surface area contributed by atoms with Crippen LogP contribution in [0.1, 0.15) is 23.0 Å². The summed E-state index contributed by atoms with van der Waals surface area (Å²) in [4.78, 5) is 26.7. The van der Waals surface area contributed by atoms with Crippen molar-refractivity contribution in [3.8, 4) is 11.3 Å². The lowest BCUT2D eigenvalue weighted by Gasteiger charge is -2.00. The van der Waals surface area contributed by atoms with Gasteiger partial charge < -0.3 is 9.51 Å². The lowest BCUT2D eigenvalue weighted by molar-refractivity contribution is -0.108. The van der Waals surface area contributed by atoms with Crippen LogP contribution in [0.2, 0.25) is 0 Å². The molecule has 6 heteroatoms. The minimum atomic E-state index is -1.02. The Hall–Kier alpha value is -2.40. The molecule has 106 valence electrons. The number of benzene rings is 1. The molecule has 0 saturated heterocycles. The van der Waals surface area contributed by atoms with Crippen molar-refractivity contribution in [3.05, 3.63) is 41.8 Å². The minimum Gasteiger partial charge on any atom is -0.364 e. The zero-order chi connectivity index (χ0) is 15.0. The van der Waals surface area contributed by atoms with Crippen LogP contribution in [0.5, 0.6) is 0 Å². The number of aromatic nitrogens is 2. The molecule has 0 aliphatic rings.